The highest BCUT2D eigenvalue weighted by atomic mass is 16.5. The van der Waals surface area contributed by atoms with Crippen molar-refractivity contribution < 1.29 is 19.0 Å². The Hall–Kier alpha value is -2.69. The van der Waals surface area contributed by atoms with Crippen LogP contribution in [0.2, 0.25) is 0 Å². The number of carbonyl (C=O) groups excluding carboxylic acids is 1. The maximum atomic E-state index is 12.2. The smallest absolute Gasteiger partial charge is 0.220 e. The molecule has 0 heterocycles. The second-order valence-electron chi connectivity index (χ2n) is 7.41. The first-order valence-electron chi connectivity index (χ1n) is 10.9. The van der Waals surface area contributed by atoms with Crippen molar-refractivity contribution in [1.29, 1.82) is 0 Å². The first-order valence-corrected chi connectivity index (χ1v) is 10.9. The number of rotatable bonds is 13. The molecule has 0 aliphatic heterocycles. The topological polar surface area (TPSA) is 56.8 Å². The highest BCUT2D eigenvalue weighted by Crippen LogP contribution is 2.29. The minimum Gasteiger partial charge on any atom is -0.491 e. The molecule has 0 saturated heterocycles. The van der Waals surface area contributed by atoms with E-state index in [0.29, 0.717) is 32.6 Å². The second-order valence-corrected chi connectivity index (χ2v) is 7.41. The van der Waals surface area contributed by atoms with Gasteiger partial charge in [0.15, 0.2) is 11.5 Å². The van der Waals surface area contributed by atoms with Crippen LogP contribution >= 0.6 is 0 Å². The zero-order valence-corrected chi connectivity index (χ0v) is 18.7. The molecule has 0 unspecified atom stereocenters. The number of hydrogen-bond donors (Lipinski definition) is 1. The van der Waals surface area contributed by atoms with Gasteiger partial charge in [-0.1, -0.05) is 18.2 Å². The molecule has 0 saturated carbocycles. The van der Waals surface area contributed by atoms with Gasteiger partial charge in [-0.05, 0) is 82.3 Å². The van der Waals surface area contributed by atoms with Gasteiger partial charge in [-0.2, -0.15) is 0 Å². The van der Waals surface area contributed by atoms with E-state index in [9.17, 15) is 4.79 Å². The van der Waals surface area contributed by atoms with Crippen LogP contribution in [0.15, 0.2) is 42.5 Å². The van der Waals surface area contributed by atoms with Crippen molar-refractivity contribution in [3.63, 3.8) is 0 Å². The van der Waals surface area contributed by atoms with E-state index in [0.717, 1.165) is 35.7 Å². The first-order chi connectivity index (χ1) is 14.5. The number of ether oxygens (including phenoxy) is 3. The molecule has 164 valence electrons. The summed E-state index contributed by atoms with van der Waals surface area (Å²) in [7, 11) is 0. The number of benzene rings is 2. The number of amides is 1. The summed E-state index contributed by atoms with van der Waals surface area (Å²) in [6, 6.07) is 14.0. The molecule has 0 fully saturated rings. The molecule has 0 radical (unpaired) electrons. The molecule has 2 rings (SSSR count). The van der Waals surface area contributed by atoms with Crippen LogP contribution in [0, 0.1) is 0 Å². The normalized spacial score (nSPS) is 10.7. The lowest BCUT2D eigenvalue weighted by Crippen LogP contribution is -2.25. The average molecular weight is 414 g/mol. The quantitative estimate of drug-likeness (QED) is 0.472. The molecule has 0 aromatic heterocycles. The molecule has 0 aliphatic rings. The van der Waals surface area contributed by atoms with Gasteiger partial charge in [-0.3, -0.25) is 4.79 Å². The standard InChI is InChI=1S/C25H35NO4/c1-5-28-23-14-12-21(18-24(23)29-6-2)13-15-25(27)26-16-8-10-20-9-7-11-22(17-20)30-19(3)4/h7,9,11-12,14,17-19H,5-6,8,10,13,15-16H2,1-4H3,(H,26,27). The molecule has 30 heavy (non-hydrogen) atoms. The Bertz CT molecular complexity index is 788. The molecule has 5 nitrogen and oxygen atoms in total. The van der Waals surface area contributed by atoms with E-state index in [1.807, 2.05) is 58.0 Å². The molecule has 5 heteroatoms. The third kappa shape index (κ3) is 8.36. The van der Waals surface area contributed by atoms with E-state index in [4.69, 9.17) is 14.2 Å². The van der Waals surface area contributed by atoms with E-state index in [1.165, 1.54) is 5.56 Å². The average Bonchev–Trinajstić information content (AvgIpc) is 2.71. The summed E-state index contributed by atoms with van der Waals surface area (Å²) in [6.45, 7) is 9.78. The van der Waals surface area contributed by atoms with Crippen LogP contribution in [-0.2, 0) is 17.6 Å². The fourth-order valence-corrected chi connectivity index (χ4v) is 3.16. The molecule has 0 bridgehead atoms. The summed E-state index contributed by atoms with van der Waals surface area (Å²) in [5.74, 6) is 2.45. The third-order valence-electron chi connectivity index (χ3n) is 4.48. The van der Waals surface area contributed by atoms with Crippen LogP contribution in [0.1, 0.15) is 51.7 Å². The molecule has 2 aromatic carbocycles. The van der Waals surface area contributed by atoms with E-state index < -0.39 is 0 Å². The monoisotopic (exact) mass is 413 g/mol. The van der Waals surface area contributed by atoms with Crippen molar-refractivity contribution in [2.45, 2.75) is 59.5 Å². The molecular formula is C25H35NO4. The minimum atomic E-state index is 0.0683. The van der Waals surface area contributed by atoms with Crippen molar-refractivity contribution in [1.82, 2.24) is 5.32 Å². The Morgan fingerprint density at radius 2 is 1.67 bits per heavy atom. The van der Waals surface area contributed by atoms with Gasteiger partial charge in [-0.15, -0.1) is 0 Å². The molecule has 1 N–H and O–H groups in total. The van der Waals surface area contributed by atoms with E-state index in [2.05, 4.69) is 17.4 Å². The summed E-state index contributed by atoms with van der Waals surface area (Å²) < 4.78 is 17.0. The Morgan fingerprint density at radius 3 is 2.40 bits per heavy atom. The fourth-order valence-electron chi connectivity index (χ4n) is 3.16. The van der Waals surface area contributed by atoms with Gasteiger partial charge in [0.05, 0.1) is 19.3 Å². The maximum Gasteiger partial charge on any atom is 0.220 e. The van der Waals surface area contributed by atoms with Crippen LogP contribution in [-0.4, -0.2) is 31.8 Å². The Morgan fingerprint density at radius 1 is 0.933 bits per heavy atom. The second kappa shape index (κ2) is 12.8. The Balaban J connectivity index is 1.73. The summed E-state index contributed by atoms with van der Waals surface area (Å²) >= 11 is 0. The number of nitrogens with one attached hydrogen (secondary N) is 1. The van der Waals surface area contributed by atoms with Gasteiger partial charge in [-0.25, -0.2) is 0 Å². The van der Waals surface area contributed by atoms with Crippen molar-refractivity contribution in [2.24, 2.45) is 0 Å². The van der Waals surface area contributed by atoms with Crippen molar-refractivity contribution in [3.05, 3.63) is 53.6 Å². The molecule has 0 aliphatic carbocycles. The molecule has 1 amide bonds. The van der Waals surface area contributed by atoms with Gasteiger partial charge in [0.25, 0.3) is 0 Å². The van der Waals surface area contributed by atoms with Crippen LogP contribution < -0.4 is 19.5 Å². The fraction of sp³-hybridized carbons (Fsp3) is 0.480. The van der Waals surface area contributed by atoms with Gasteiger partial charge in [0.2, 0.25) is 5.91 Å². The number of hydrogen-bond acceptors (Lipinski definition) is 4. The minimum absolute atomic E-state index is 0.0683. The lowest BCUT2D eigenvalue weighted by molar-refractivity contribution is -0.121. The molecular weight excluding hydrogens is 378 g/mol. The Kier molecular flexibility index (Phi) is 10.1. The van der Waals surface area contributed by atoms with Crippen LogP contribution in [0.5, 0.6) is 17.2 Å². The van der Waals surface area contributed by atoms with Gasteiger partial charge in [0, 0.05) is 13.0 Å². The van der Waals surface area contributed by atoms with E-state index >= 15 is 0 Å². The number of aryl methyl sites for hydroxylation is 2. The van der Waals surface area contributed by atoms with Gasteiger partial charge < -0.3 is 19.5 Å². The largest absolute Gasteiger partial charge is 0.491 e. The zero-order valence-electron chi connectivity index (χ0n) is 18.7. The molecule has 0 spiro atoms. The van der Waals surface area contributed by atoms with E-state index in [1.54, 1.807) is 0 Å². The highest BCUT2D eigenvalue weighted by molar-refractivity contribution is 5.76. The zero-order chi connectivity index (χ0) is 21.8. The van der Waals surface area contributed by atoms with Crippen LogP contribution in [0.25, 0.3) is 0 Å². The van der Waals surface area contributed by atoms with Crippen molar-refractivity contribution in [3.8, 4) is 17.2 Å². The predicted molar refractivity (Wildman–Crippen MR) is 121 cm³/mol. The van der Waals surface area contributed by atoms with Gasteiger partial charge >= 0.3 is 0 Å². The number of carbonyl (C=O) groups is 1. The summed E-state index contributed by atoms with van der Waals surface area (Å²) in [6.07, 6.45) is 3.10. The first kappa shape index (κ1) is 23.6. The summed E-state index contributed by atoms with van der Waals surface area (Å²) in [5.41, 5.74) is 2.29. The van der Waals surface area contributed by atoms with E-state index in [-0.39, 0.29) is 12.0 Å². The van der Waals surface area contributed by atoms with Crippen molar-refractivity contribution >= 4 is 5.91 Å². The highest BCUT2D eigenvalue weighted by Gasteiger charge is 2.08. The van der Waals surface area contributed by atoms with Crippen molar-refractivity contribution in [2.75, 3.05) is 19.8 Å². The van der Waals surface area contributed by atoms with Gasteiger partial charge in [0.1, 0.15) is 5.75 Å². The molecule has 0 atom stereocenters. The van der Waals surface area contributed by atoms with Crippen LogP contribution in [0.3, 0.4) is 0 Å². The third-order valence-corrected chi connectivity index (χ3v) is 4.48. The molecule has 2 aromatic rings. The predicted octanol–water partition coefficient (Wildman–Crippen LogP) is 4.95. The lowest BCUT2D eigenvalue weighted by Gasteiger charge is -2.12. The Labute approximate surface area is 180 Å². The SMILES string of the molecule is CCOc1ccc(CCC(=O)NCCCc2cccc(OC(C)C)c2)cc1OCC. The summed E-state index contributed by atoms with van der Waals surface area (Å²) in [4.78, 5) is 12.2. The summed E-state index contributed by atoms with van der Waals surface area (Å²) in [5, 5.41) is 3.02. The lowest BCUT2D eigenvalue weighted by atomic mass is 10.1. The van der Waals surface area contributed by atoms with Crippen LogP contribution in [0.4, 0.5) is 0 Å². The maximum absolute atomic E-state index is 12.2.